The van der Waals surface area contributed by atoms with Crippen molar-refractivity contribution in [1.29, 1.82) is 0 Å². The van der Waals surface area contributed by atoms with E-state index in [4.69, 9.17) is 0 Å². The summed E-state index contributed by atoms with van der Waals surface area (Å²) in [4.78, 5) is 15.3. The number of aromatic nitrogens is 2. The zero-order valence-electron chi connectivity index (χ0n) is 10.6. The van der Waals surface area contributed by atoms with Gasteiger partial charge in [0.25, 0.3) is 5.56 Å². The SMILES string of the molecule is Cc1[nH][nH]c(=O)c1C=NCc1cccc(C(F)(F)F)c1. The molecule has 4 nitrogen and oxygen atoms in total. The molecule has 1 heterocycles. The van der Waals surface area contributed by atoms with E-state index >= 15 is 0 Å². The van der Waals surface area contributed by atoms with Crippen molar-refractivity contribution in [3.05, 3.63) is 57.0 Å². The number of alkyl halides is 3. The first kappa shape index (κ1) is 14.1. The maximum absolute atomic E-state index is 12.5. The summed E-state index contributed by atoms with van der Waals surface area (Å²) >= 11 is 0. The number of nitrogens with zero attached hydrogens (tertiary/aromatic N) is 1. The Kier molecular flexibility index (Phi) is 3.78. The van der Waals surface area contributed by atoms with Crippen molar-refractivity contribution in [2.24, 2.45) is 4.99 Å². The number of benzene rings is 1. The predicted molar refractivity (Wildman–Crippen MR) is 68.9 cm³/mol. The molecule has 0 amide bonds. The van der Waals surface area contributed by atoms with Crippen LogP contribution in [0.1, 0.15) is 22.4 Å². The number of rotatable bonds is 3. The van der Waals surface area contributed by atoms with Crippen molar-refractivity contribution < 1.29 is 13.2 Å². The molecule has 0 aliphatic carbocycles. The summed E-state index contributed by atoms with van der Waals surface area (Å²) in [6, 6.07) is 4.95. The lowest BCUT2D eigenvalue weighted by molar-refractivity contribution is -0.137. The van der Waals surface area contributed by atoms with E-state index in [1.54, 1.807) is 13.0 Å². The van der Waals surface area contributed by atoms with Crippen LogP contribution in [0.3, 0.4) is 0 Å². The zero-order valence-corrected chi connectivity index (χ0v) is 10.6. The van der Waals surface area contributed by atoms with E-state index in [9.17, 15) is 18.0 Å². The van der Waals surface area contributed by atoms with Crippen molar-refractivity contribution >= 4 is 6.21 Å². The molecule has 0 saturated heterocycles. The summed E-state index contributed by atoms with van der Waals surface area (Å²) in [6.45, 7) is 1.78. The van der Waals surface area contributed by atoms with Crippen molar-refractivity contribution in [3.63, 3.8) is 0 Å². The molecule has 0 aliphatic heterocycles. The first-order valence-electron chi connectivity index (χ1n) is 5.81. The van der Waals surface area contributed by atoms with Gasteiger partial charge in [0.2, 0.25) is 0 Å². The highest BCUT2D eigenvalue weighted by atomic mass is 19.4. The van der Waals surface area contributed by atoms with Crippen LogP contribution < -0.4 is 5.56 Å². The second-order valence-corrected chi connectivity index (χ2v) is 4.29. The Morgan fingerprint density at radius 3 is 2.65 bits per heavy atom. The Balaban J connectivity index is 2.14. The van der Waals surface area contributed by atoms with E-state index in [0.29, 0.717) is 16.8 Å². The Hall–Kier alpha value is -2.31. The minimum atomic E-state index is -4.37. The number of hydrogen-bond acceptors (Lipinski definition) is 2. The largest absolute Gasteiger partial charge is 0.416 e. The molecule has 0 radical (unpaired) electrons. The number of H-pyrrole nitrogens is 2. The highest BCUT2D eigenvalue weighted by Gasteiger charge is 2.30. The van der Waals surface area contributed by atoms with Gasteiger partial charge in [-0.1, -0.05) is 12.1 Å². The molecule has 2 rings (SSSR count). The first-order valence-corrected chi connectivity index (χ1v) is 5.81. The number of aliphatic imine (C=N–C) groups is 1. The maximum atomic E-state index is 12.5. The first-order chi connectivity index (χ1) is 9.38. The monoisotopic (exact) mass is 283 g/mol. The topological polar surface area (TPSA) is 61.0 Å². The van der Waals surface area contributed by atoms with Crippen molar-refractivity contribution in [1.82, 2.24) is 10.2 Å². The van der Waals surface area contributed by atoms with Gasteiger partial charge in [0.05, 0.1) is 17.7 Å². The molecule has 1 aromatic carbocycles. The summed E-state index contributed by atoms with van der Waals surface area (Å²) in [5.41, 5.74) is 0.414. The van der Waals surface area contributed by atoms with Crippen LogP contribution in [0.4, 0.5) is 13.2 Å². The Morgan fingerprint density at radius 2 is 2.05 bits per heavy atom. The Morgan fingerprint density at radius 1 is 1.30 bits per heavy atom. The Labute approximate surface area is 112 Å². The molecule has 0 fully saturated rings. The highest BCUT2D eigenvalue weighted by molar-refractivity contribution is 5.80. The van der Waals surface area contributed by atoms with Crippen molar-refractivity contribution in [2.45, 2.75) is 19.6 Å². The molecule has 7 heteroatoms. The van der Waals surface area contributed by atoms with Gasteiger partial charge in [0.15, 0.2) is 0 Å². The average molecular weight is 283 g/mol. The van der Waals surface area contributed by atoms with Gasteiger partial charge in [-0.3, -0.25) is 14.9 Å². The summed E-state index contributed by atoms with van der Waals surface area (Å²) in [7, 11) is 0. The van der Waals surface area contributed by atoms with E-state index in [1.807, 2.05) is 0 Å². The number of aryl methyl sites for hydroxylation is 1. The number of aromatic amines is 2. The highest BCUT2D eigenvalue weighted by Crippen LogP contribution is 2.29. The Bertz CT molecular complexity index is 683. The smallest absolute Gasteiger partial charge is 0.302 e. The van der Waals surface area contributed by atoms with Crippen LogP contribution in [0.2, 0.25) is 0 Å². The van der Waals surface area contributed by atoms with Crippen LogP contribution in [-0.2, 0) is 12.7 Å². The standard InChI is InChI=1S/C13H12F3N3O/c1-8-11(12(20)19-18-8)7-17-6-9-3-2-4-10(5-9)13(14,15)16/h2-5,7H,6H2,1H3,(H2,18,19,20). The fraction of sp³-hybridized carbons (Fsp3) is 0.231. The van der Waals surface area contributed by atoms with Crippen LogP contribution in [0.15, 0.2) is 34.1 Å². The van der Waals surface area contributed by atoms with Crippen LogP contribution >= 0.6 is 0 Å². The second kappa shape index (κ2) is 5.36. The van der Waals surface area contributed by atoms with E-state index in [1.165, 1.54) is 12.3 Å². The molecule has 0 spiro atoms. The van der Waals surface area contributed by atoms with E-state index < -0.39 is 11.7 Å². The van der Waals surface area contributed by atoms with Crippen LogP contribution in [0.5, 0.6) is 0 Å². The van der Waals surface area contributed by atoms with Gasteiger partial charge in [0.1, 0.15) is 0 Å². The van der Waals surface area contributed by atoms with Gasteiger partial charge in [-0.25, -0.2) is 0 Å². The third-order valence-corrected chi connectivity index (χ3v) is 2.76. The van der Waals surface area contributed by atoms with Crippen LogP contribution in [0.25, 0.3) is 0 Å². The van der Waals surface area contributed by atoms with Crippen LogP contribution in [0, 0.1) is 6.92 Å². The molecule has 2 N–H and O–H groups in total. The van der Waals surface area contributed by atoms with Gasteiger partial charge in [-0.15, -0.1) is 0 Å². The van der Waals surface area contributed by atoms with Gasteiger partial charge >= 0.3 is 6.18 Å². The summed E-state index contributed by atoms with van der Waals surface area (Å²) in [5.74, 6) is 0. The van der Waals surface area contributed by atoms with Gasteiger partial charge in [0, 0.05) is 11.9 Å². The van der Waals surface area contributed by atoms with E-state index in [0.717, 1.165) is 12.1 Å². The summed E-state index contributed by atoms with van der Waals surface area (Å²) in [6.07, 6.45) is -3.01. The van der Waals surface area contributed by atoms with E-state index in [2.05, 4.69) is 15.2 Å². The lowest BCUT2D eigenvalue weighted by Gasteiger charge is -2.07. The van der Waals surface area contributed by atoms with E-state index in [-0.39, 0.29) is 12.1 Å². The fourth-order valence-corrected chi connectivity index (χ4v) is 1.70. The molecule has 0 saturated carbocycles. The molecule has 0 atom stereocenters. The fourth-order valence-electron chi connectivity index (χ4n) is 1.70. The maximum Gasteiger partial charge on any atom is 0.416 e. The molecule has 106 valence electrons. The van der Waals surface area contributed by atoms with Gasteiger partial charge in [-0.2, -0.15) is 13.2 Å². The molecule has 0 aliphatic rings. The van der Waals surface area contributed by atoms with Gasteiger partial charge < -0.3 is 5.10 Å². The molecular weight excluding hydrogens is 271 g/mol. The average Bonchev–Trinajstić information content (AvgIpc) is 2.70. The normalized spacial score (nSPS) is 12.2. The molecule has 20 heavy (non-hydrogen) atoms. The third kappa shape index (κ3) is 3.17. The summed E-state index contributed by atoms with van der Waals surface area (Å²) in [5, 5.41) is 5.03. The minimum absolute atomic E-state index is 0.0774. The number of nitrogens with one attached hydrogen (secondary N) is 2. The quantitative estimate of drug-likeness (QED) is 0.836. The number of hydrogen-bond donors (Lipinski definition) is 2. The third-order valence-electron chi connectivity index (χ3n) is 2.76. The lowest BCUT2D eigenvalue weighted by Crippen LogP contribution is -2.06. The van der Waals surface area contributed by atoms with Gasteiger partial charge in [-0.05, 0) is 24.6 Å². The summed E-state index contributed by atoms with van der Waals surface area (Å²) < 4.78 is 37.6. The van der Waals surface area contributed by atoms with Crippen molar-refractivity contribution in [2.75, 3.05) is 0 Å². The minimum Gasteiger partial charge on any atom is -0.302 e. The van der Waals surface area contributed by atoms with Crippen LogP contribution in [-0.4, -0.2) is 16.4 Å². The lowest BCUT2D eigenvalue weighted by atomic mass is 10.1. The molecule has 2 aromatic rings. The predicted octanol–water partition coefficient (Wildman–Crippen LogP) is 2.65. The second-order valence-electron chi connectivity index (χ2n) is 4.29. The zero-order chi connectivity index (χ0) is 14.8. The number of halogens is 3. The molecule has 0 bridgehead atoms. The van der Waals surface area contributed by atoms with Crippen molar-refractivity contribution in [3.8, 4) is 0 Å². The molecular formula is C13H12F3N3O. The molecule has 1 aromatic heterocycles. The molecule has 0 unspecified atom stereocenters.